The third-order valence-corrected chi connectivity index (χ3v) is 3.88. The molecular weight excluding hydrogens is 294 g/mol. The molecule has 5 heteroatoms. The number of carbonyl (C=O) groups is 1. The number of amides is 1. The van der Waals surface area contributed by atoms with E-state index in [-0.39, 0.29) is 5.91 Å². The zero-order valence-corrected chi connectivity index (χ0v) is 13.2. The van der Waals surface area contributed by atoms with E-state index in [1.165, 1.54) is 0 Å². The van der Waals surface area contributed by atoms with Crippen molar-refractivity contribution in [3.8, 4) is 17.2 Å². The molecule has 2 aromatic carbocycles. The van der Waals surface area contributed by atoms with Gasteiger partial charge in [-0.25, -0.2) is 0 Å². The van der Waals surface area contributed by atoms with Gasteiger partial charge in [0.1, 0.15) is 17.2 Å². The second kappa shape index (κ2) is 6.60. The Balaban J connectivity index is 1.64. The van der Waals surface area contributed by atoms with E-state index in [2.05, 4.69) is 5.32 Å². The average Bonchev–Trinajstić information content (AvgIpc) is 3.03. The van der Waals surface area contributed by atoms with Crippen molar-refractivity contribution in [2.45, 2.75) is 19.1 Å². The monoisotopic (exact) mass is 313 g/mol. The lowest BCUT2D eigenvalue weighted by Crippen LogP contribution is -2.37. The lowest BCUT2D eigenvalue weighted by molar-refractivity contribution is -0.127. The number of hydrogen-bond acceptors (Lipinski definition) is 4. The highest BCUT2D eigenvalue weighted by atomic mass is 16.5. The summed E-state index contributed by atoms with van der Waals surface area (Å²) in [6.07, 6.45) is 0.112. The van der Waals surface area contributed by atoms with Crippen LogP contribution in [0.2, 0.25) is 0 Å². The zero-order valence-electron chi connectivity index (χ0n) is 13.2. The maximum atomic E-state index is 12.3. The molecule has 0 radical (unpaired) electrons. The zero-order chi connectivity index (χ0) is 16.2. The van der Waals surface area contributed by atoms with E-state index in [4.69, 9.17) is 14.2 Å². The Morgan fingerprint density at radius 3 is 2.78 bits per heavy atom. The van der Waals surface area contributed by atoms with Gasteiger partial charge in [-0.3, -0.25) is 4.79 Å². The van der Waals surface area contributed by atoms with E-state index < -0.39 is 6.10 Å². The predicted octanol–water partition coefficient (Wildman–Crippen LogP) is 2.32. The second-order valence-corrected chi connectivity index (χ2v) is 5.31. The summed E-state index contributed by atoms with van der Waals surface area (Å²) >= 11 is 0. The molecule has 1 unspecified atom stereocenters. The average molecular weight is 313 g/mol. The maximum absolute atomic E-state index is 12.3. The summed E-state index contributed by atoms with van der Waals surface area (Å²) < 4.78 is 16.2. The van der Waals surface area contributed by atoms with Crippen LogP contribution in [0.4, 0.5) is 0 Å². The van der Waals surface area contributed by atoms with E-state index in [0.717, 1.165) is 22.6 Å². The molecule has 0 saturated heterocycles. The molecule has 23 heavy (non-hydrogen) atoms. The van der Waals surface area contributed by atoms with Crippen LogP contribution in [-0.2, 0) is 17.8 Å². The van der Waals surface area contributed by atoms with E-state index in [9.17, 15) is 4.79 Å². The SMILES string of the molecule is COc1ccc(OC)c(CNC(=O)C2Cc3ccccc3O2)c1. The normalized spacial score (nSPS) is 15.5. The van der Waals surface area contributed by atoms with Crippen LogP contribution in [0, 0.1) is 0 Å². The van der Waals surface area contributed by atoms with Crippen LogP contribution in [-0.4, -0.2) is 26.2 Å². The quantitative estimate of drug-likeness (QED) is 0.920. The topological polar surface area (TPSA) is 56.8 Å². The molecule has 0 bridgehead atoms. The minimum Gasteiger partial charge on any atom is -0.497 e. The third-order valence-electron chi connectivity index (χ3n) is 3.88. The summed E-state index contributed by atoms with van der Waals surface area (Å²) in [5.41, 5.74) is 1.92. The number of benzene rings is 2. The molecule has 3 rings (SSSR count). The fraction of sp³-hybridized carbons (Fsp3) is 0.278. The Kier molecular flexibility index (Phi) is 4.37. The van der Waals surface area contributed by atoms with Crippen molar-refractivity contribution in [3.05, 3.63) is 53.6 Å². The second-order valence-electron chi connectivity index (χ2n) is 5.31. The molecule has 0 spiro atoms. The first-order chi connectivity index (χ1) is 11.2. The summed E-state index contributed by atoms with van der Waals surface area (Å²) in [7, 11) is 3.21. The lowest BCUT2D eigenvalue weighted by atomic mass is 10.1. The maximum Gasteiger partial charge on any atom is 0.261 e. The molecule has 1 heterocycles. The number of hydrogen-bond donors (Lipinski definition) is 1. The Hall–Kier alpha value is -2.69. The molecule has 1 aliphatic rings. The van der Waals surface area contributed by atoms with Crippen LogP contribution < -0.4 is 19.5 Å². The number of nitrogens with one attached hydrogen (secondary N) is 1. The first-order valence-electron chi connectivity index (χ1n) is 7.44. The molecule has 0 aliphatic carbocycles. The van der Waals surface area contributed by atoms with Gasteiger partial charge in [-0.1, -0.05) is 18.2 Å². The largest absolute Gasteiger partial charge is 0.497 e. The van der Waals surface area contributed by atoms with Crippen LogP contribution in [0.3, 0.4) is 0 Å². The molecule has 0 aromatic heterocycles. The van der Waals surface area contributed by atoms with Crippen molar-refractivity contribution in [2.24, 2.45) is 0 Å². The predicted molar refractivity (Wildman–Crippen MR) is 86.0 cm³/mol. The Bertz CT molecular complexity index is 689. The number of ether oxygens (including phenoxy) is 3. The van der Waals surface area contributed by atoms with Crippen molar-refractivity contribution in [1.82, 2.24) is 5.32 Å². The van der Waals surface area contributed by atoms with Gasteiger partial charge in [0.15, 0.2) is 6.10 Å². The molecular formula is C18H19NO4. The summed E-state index contributed by atoms with van der Waals surface area (Å²) in [5.74, 6) is 2.08. The van der Waals surface area contributed by atoms with Gasteiger partial charge in [-0.05, 0) is 29.8 Å². The van der Waals surface area contributed by atoms with Gasteiger partial charge in [-0.2, -0.15) is 0 Å². The van der Waals surface area contributed by atoms with Gasteiger partial charge in [-0.15, -0.1) is 0 Å². The molecule has 1 amide bonds. The minimum absolute atomic E-state index is 0.133. The van der Waals surface area contributed by atoms with Gasteiger partial charge < -0.3 is 19.5 Å². The molecule has 5 nitrogen and oxygen atoms in total. The van der Waals surface area contributed by atoms with Crippen LogP contribution >= 0.6 is 0 Å². The highest BCUT2D eigenvalue weighted by Crippen LogP contribution is 2.28. The van der Waals surface area contributed by atoms with E-state index >= 15 is 0 Å². The molecule has 2 aromatic rings. The van der Waals surface area contributed by atoms with Gasteiger partial charge in [0, 0.05) is 18.5 Å². The van der Waals surface area contributed by atoms with Crippen molar-refractivity contribution in [2.75, 3.05) is 14.2 Å². The Labute approximate surface area is 135 Å². The van der Waals surface area contributed by atoms with Gasteiger partial charge in [0.05, 0.1) is 14.2 Å². The summed E-state index contributed by atoms with van der Waals surface area (Å²) in [6.45, 7) is 0.357. The highest BCUT2D eigenvalue weighted by molar-refractivity contribution is 5.82. The Morgan fingerprint density at radius 2 is 2.04 bits per heavy atom. The standard InChI is InChI=1S/C18H19NO4/c1-21-14-7-8-15(22-2)13(9-14)11-19-18(20)17-10-12-5-3-4-6-16(12)23-17/h3-9,17H,10-11H2,1-2H3,(H,19,20). The van der Waals surface area contributed by atoms with Crippen molar-refractivity contribution in [1.29, 1.82) is 0 Å². The molecule has 0 fully saturated rings. The molecule has 1 aliphatic heterocycles. The smallest absolute Gasteiger partial charge is 0.261 e. The first kappa shape index (κ1) is 15.2. The first-order valence-corrected chi connectivity index (χ1v) is 7.44. The van der Waals surface area contributed by atoms with Crippen LogP contribution in [0.15, 0.2) is 42.5 Å². The Morgan fingerprint density at radius 1 is 1.22 bits per heavy atom. The number of carbonyl (C=O) groups excluding carboxylic acids is 1. The van der Waals surface area contributed by atoms with Crippen molar-refractivity contribution < 1.29 is 19.0 Å². The highest BCUT2D eigenvalue weighted by Gasteiger charge is 2.28. The molecule has 1 N–H and O–H groups in total. The van der Waals surface area contributed by atoms with Crippen LogP contribution in [0.1, 0.15) is 11.1 Å². The van der Waals surface area contributed by atoms with Crippen LogP contribution in [0.25, 0.3) is 0 Å². The van der Waals surface area contributed by atoms with Crippen molar-refractivity contribution >= 4 is 5.91 Å². The third kappa shape index (κ3) is 3.23. The minimum atomic E-state index is -0.482. The fourth-order valence-corrected chi connectivity index (χ4v) is 2.64. The molecule has 0 saturated carbocycles. The van der Waals surface area contributed by atoms with Gasteiger partial charge >= 0.3 is 0 Å². The summed E-state index contributed by atoms with van der Waals surface area (Å²) in [5, 5.41) is 2.90. The van der Waals surface area contributed by atoms with E-state index in [1.54, 1.807) is 14.2 Å². The van der Waals surface area contributed by atoms with E-state index in [1.807, 2.05) is 42.5 Å². The molecule has 1 atom stereocenters. The van der Waals surface area contributed by atoms with Gasteiger partial charge in [0.2, 0.25) is 0 Å². The lowest BCUT2D eigenvalue weighted by Gasteiger charge is -2.14. The van der Waals surface area contributed by atoms with Crippen molar-refractivity contribution in [3.63, 3.8) is 0 Å². The summed E-state index contributed by atoms with van der Waals surface area (Å²) in [4.78, 5) is 12.3. The number of para-hydroxylation sites is 1. The number of fused-ring (bicyclic) bond motifs is 1. The fourth-order valence-electron chi connectivity index (χ4n) is 2.64. The molecule has 120 valence electrons. The number of methoxy groups -OCH3 is 2. The van der Waals surface area contributed by atoms with E-state index in [0.29, 0.717) is 18.7 Å². The summed E-state index contributed by atoms with van der Waals surface area (Å²) in [6, 6.07) is 13.2. The van der Waals surface area contributed by atoms with Crippen LogP contribution in [0.5, 0.6) is 17.2 Å². The van der Waals surface area contributed by atoms with Gasteiger partial charge in [0.25, 0.3) is 5.91 Å². The number of rotatable bonds is 5.